The molecule has 108 valence electrons. The number of imidazole rings is 1. The van der Waals surface area contributed by atoms with Gasteiger partial charge in [-0.2, -0.15) is 0 Å². The molecule has 0 amide bonds. The van der Waals surface area contributed by atoms with E-state index in [1.165, 1.54) is 0 Å². The van der Waals surface area contributed by atoms with Crippen LogP contribution in [-0.4, -0.2) is 39.2 Å². The van der Waals surface area contributed by atoms with Crippen LogP contribution in [0.25, 0.3) is 11.0 Å². The molecule has 2 aromatic rings. The van der Waals surface area contributed by atoms with Crippen LogP contribution in [0.1, 0.15) is 31.5 Å². The molecule has 0 saturated heterocycles. The first-order valence-electron chi connectivity index (χ1n) is 7.19. The first-order chi connectivity index (χ1) is 9.54. The molecule has 0 atom stereocenters. The van der Waals surface area contributed by atoms with Crippen LogP contribution in [0.5, 0.6) is 0 Å². The van der Waals surface area contributed by atoms with Crippen molar-refractivity contribution in [1.29, 1.82) is 0 Å². The average Bonchev–Trinajstić information content (AvgIpc) is 2.94. The van der Waals surface area contributed by atoms with Gasteiger partial charge in [-0.05, 0) is 38.1 Å². The minimum atomic E-state index is -0.509. The monoisotopic (exact) mass is 274 g/mol. The topological polar surface area (TPSA) is 78.2 Å². The van der Waals surface area contributed by atoms with E-state index in [9.17, 15) is 5.11 Å². The number of rotatable bonds is 4. The lowest BCUT2D eigenvalue weighted by molar-refractivity contribution is 0.0140. The standard InChI is InChI=1S/C15H22N4O/c1-19(10-15(20)6-2-3-7-15)9-14-17-12-5-4-11(16)8-13(12)18-14/h4-5,8,20H,2-3,6-7,9-10,16H2,1H3,(H,17,18). The number of aromatic nitrogens is 2. The number of nitrogens with two attached hydrogens (primary N) is 1. The summed E-state index contributed by atoms with van der Waals surface area (Å²) < 4.78 is 0. The van der Waals surface area contributed by atoms with Crippen molar-refractivity contribution < 1.29 is 5.11 Å². The Bertz CT molecular complexity index is 601. The van der Waals surface area contributed by atoms with Crippen molar-refractivity contribution in [2.24, 2.45) is 0 Å². The highest BCUT2D eigenvalue weighted by atomic mass is 16.3. The highest BCUT2D eigenvalue weighted by Gasteiger charge is 2.32. The summed E-state index contributed by atoms with van der Waals surface area (Å²) in [5, 5.41) is 10.4. The number of hydrogen-bond donors (Lipinski definition) is 3. The summed E-state index contributed by atoms with van der Waals surface area (Å²) in [6, 6.07) is 5.68. The van der Waals surface area contributed by atoms with Gasteiger partial charge in [0.05, 0.1) is 23.2 Å². The van der Waals surface area contributed by atoms with Crippen LogP contribution in [0, 0.1) is 0 Å². The fraction of sp³-hybridized carbons (Fsp3) is 0.533. The van der Waals surface area contributed by atoms with Crippen LogP contribution in [0.15, 0.2) is 18.2 Å². The van der Waals surface area contributed by atoms with Gasteiger partial charge in [-0.25, -0.2) is 4.98 Å². The Kier molecular flexibility index (Phi) is 3.40. The van der Waals surface area contributed by atoms with Gasteiger partial charge in [0.1, 0.15) is 5.82 Å². The molecular weight excluding hydrogens is 252 g/mol. The van der Waals surface area contributed by atoms with Crippen molar-refractivity contribution in [1.82, 2.24) is 14.9 Å². The van der Waals surface area contributed by atoms with Crippen molar-refractivity contribution in [3.8, 4) is 0 Å². The van der Waals surface area contributed by atoms with Gasteiger partial charge in [-0.15, -0.1) is 0 Å². The second kappa shape index (κ2) is 5.07. The number of aliphatic hydroxyl groups is 1. The second-order valence-electron chi connectivity index (χ2n) is 6.06. The maximum absolute atomic E-state index is 10.4. The Morgan fingerprint density at radius 2 is 2.15 bits per heavy atom. The Morgan fingerprint density at radius 1 is 1.40 bits per heavy atom. The first-order valence-corrected chi connectivity index (χ1v) is 7.19. The van der Waals surface area contributed by atoms with E-state index in [2.05, 4.69) is 14.9 Å². The van der Waals surface area contributed by atoms with Gasteiger partial charge in [-0.3, -0.25) is 4.90 Å². The zero-order chi connectivity index (χ0) is 14.2. The summed E-state index contributed by atoms with van der Waals surface area (Å²) in [5.74, 6) is 0.912. The minimum Gasteiger partial charge on any atom is -0.399 e. The maximum atomic E-state index is 10.4. The number of nitrogens with zero attached hydrogens (tertiary/aromatic N) is 2. The van der Waals surface area contributed by atoms with Gasteiger partial charge >= 0.3 is 0 Å². The average molecular weight is 274 g/mol. The fourth-order valence-electron chi connectivity index (χ4n) is 3.16. The molecule has 0 bridgehead atoms. The number of nitrogen functional groups attached to an aromatic ring is 1. The van der Waals surface area contributed by atoms with Crippen LogP contribution >= 0.6 is 0 Å². The molecule has 1 saturated carbocycles. The van der Waals surface area contributed by atoms with Crippen molar-refractivity contribution in [3.63, 3.8) is 0 Å². The molecule has 1 aliphatic carbocycles. The van der Waals surface area contributed by atoms with Gasteiger partial charge in [-0.1, -0.05) is 12.8 Å². The number of fused-ring (bicyclic) bond motifs is 1. The normalized spacial score (nSPS) is 18.1. The molecule has 5 heteroatoms. The Balaban J connectivity index is 1.69. The molecule has 0 aliphatic heterocycles. The van der Waals surface area contributed by atoms with Crippen molar-refractivity contribution in [3.05, 3.63) is 24.0 Å². The molecular formula is C15H22N4O. The van der Waals surface area contributed by atoms with E-state index in [-0.39, 0.29) is 0 Å². The summed E-state index contributed by atoms with van der Waals surface area (Å²) in [5.41, 5.74) is 7.90. The lowest BCUT2D eigenvalue weighted by Gasteiger charge is -2.27. The highest BCUT2D eigenvalue weighted by molar-refractivity contribution is 5.78. The number of aromatic amines is 1. The van der Waals surface area contributed by atoms with Crippen molar-refractivity contribution >= 4 is 16.7 Å². The third-order valence-electron chi connectivity index (χ3n) is 4.07. The van der Waals surface area contributed by atoms with E-state index < -0.39 is 5.60 Å². The zero-order valence-corrected chi connectivity index (χ0v) is 11.9. The Hall–Kier alpha value is -1.59. The number of benzene rings is 1. The van der Waals surface area contributed by atoms with Crippen LogP contribution in [0.2, 0.25) is 0 Å². The quantitative estimate of drug-likeness (QED) is 0.744. The van der Waals surface area contributed by atoms with Crippen LogP contribution in [-0.2, 0) is 6.54 Å². The fourth-order valence-corrected chi connectivity index (χ4v) is 3.16. The molecule has 0 unspecified atom stereocenters. The number of nitrogens with one attached hydrogen (secondary N) is 1. The van der Waals surface area contributed by atoms with Gasteiger partial charge < -0.3 is 15.8 Å². The maximum Gasteiger partial charge on any atom is 0.121 e. The predicted molar refractivity (Wildman–Crippen MR) is 80.3 cm³/mol. The number of hydrogen-bond acceptors (Lipinski definition) is 4. The third-order valence-corrected chi connectivity index (χ3v) is 4.07. The molecule has 4 N–H and O–H groups in total. The largest absolute Gasteiger partial charge is 0.399 e. The lowest BCUT2D eigenvalue weighted by atomic mass is 10.0. The molecule has 1 aromatic heterocycles. The zero-order valence-electron chi connectivity index (χ0n) is 11.9. The van der Waals surface area contributed by atoms with E-state index in [0.717, 1.165) is 48.2 Å². The number of H-pyrrole nitrogens is 1. The molecule has 1 fully saturated rings. The lowest BCUT2D eigenvalue weighted by Crippen LogP contribution is -2.38. The van der Waals surface area contributed by atoms with Gasteiger partial charge in [0.25, 0.3) is 0 Å². The van der Waals surface area contributed by atoms with Gasteiger partial charge in [0, 0.05) is 12.2 Å². The molecule has 1 aromatic carbocycles. The summed E-state index contributed by atoms with van der Waals surface area (Å²) >= 11 is 0. The SMILES string of the molecule is CN(Cc1nc2ccc(N)cc2[nH]1)CC1(O)CCCC1. The molecule has 0 radical (unpaired) electrons. The van der Waals surface area contributed by atoms with Crippen LogP contribution in [0.3, 0.4) is 0 Å². The van der Waals surface area contributed by atoms with Crippen molar-refractivity contribution in [2.45, 2.75) is 37.8 Å². The van der Waals surface area contributed by atoms with Crippen LogP contribution in [0.4, 0.5) is 5.69 Å². The van der Waals surface area contributed by atoms with E-state index in [1.807, 2.05) is 25.2 Å². The van der Waals surface area contributed by atoms with E-state index >= 15 is 0 Å². The van der Waals surface area contributed by atoms with Gasteiger partial charge in [0.15, 0.2) is 0 Å². The number of likely N-dealkylation sites (N-methyl/N-ethyl adjacent to an activating group) is 1. The summed E-state index contributed by atoms with van der Waals surface area (Å²) in [6.07, 6.45) is 4.09. The van der Waals surface area contributed by atoms with E-state index in [4.69, 9.17) is 5.73 Å². The predicted octanol–water partition coefficient (Wildman–Crippen LogP) is 1.88. The second-order valence-corrected chi connectivity index (χ2v) is 6.06. The molecule has 20 heavy (non-hydrogen) atoms. The molecule has 5 nitrogen and oxygen atoms in total. The molecule has 3 rings (SSSR count). The molecule has 1 heterocycles. The smallest absolute Gasteiger partial charge is 0.121 e. The Morgan fingerprint density at radius 3 is 2.90 bits per heavy atom. The van der Waals surface area contributed by atoms with Crippen LogP contribution < -0.4 is 5.73 Å². The highest BCUT2D eigenvalue weighted by Crippen LogP contribution is 2.30. The van der Waals surface area contributed by atoms with E-state index in [1.54, 1.807) is 0 Å². The summed E-state index contributed by atoms with van der Waals surface area (Å²) in [7, 11) is 2.03. The molecule has 1 aliphatic rings. The Labute approximate surface area is 118 Å². The van der Waals surface area contributed by atoms with Gasteiger partial charge in [0.2, 0.25) is 0 Å². The van der Waals surface area contributed by atoms with E-state index in [0.29, 0.717) is 13.1 Å². The summed E-state index contributed by atoms with van der Waals surface area (Å²) in [6.45, 7) is 1.41. The third kappa shape index (κ3) is 2.78. The minimum absolute atomic E-state index is 0.509. The number of anilines is 1. The molecule has 0 spiro atoms. The van der Waals surface area contributed by atoms with Crippen molar-refractivity contribution in [2.75, 3.05) is 19.3 Å². The first kappa shape index (κ1) is 13.4. The summed E-state index contributed by atoms with van der Waals surface area (Å²) in [4.78, 5) is 9.98.